The van der Waals surface area contributed by atoms with E-state index in [1.54, 1.807) is 0 Å². The van der Waals surface area contributed by atoms with Crippen LogP contribution in [-0.2, 0) is 9.53 Å². The maximum absolute atomic E-state index is 12.5. The molecule has 2 aliphatic heterocycles. The number of hydrogen-bond acceptors (Lipinski definition) is 3. The van der Waals surface area contributed by atoms with Gasteiger partial charge in [0.2, 0.25) is 5.91 Å². The fourth-order valence-corrected chi connectivity index (χ4v) is 3.19. The maximum atomic E-state index is 12.5. The summed E-state index contributed by atoms with van der Waals surface area (Å²) in [6.45, 7) is 7.45. The first kappa shape index (κ1) is 13.8. The lowest BCUT2D eigenvalue weighted by Gasteiger charge is -2.35. The summed E-state index contributed by atoms with van der Waals surface area (Å²) in [5, 5.41) is 0. The first-order valence-electron chi connectivity index (χ1n) is 7.21. The van der Waals surface area contributed by atoms with Gasteiger partial charge in [-0.2, -0.15) is 0 Å². The van der Waals surface area contributed by atoms with Crippen LogP contribution in [0.15, 0.2) is 0 Å². The van der Waals surface area contributed by atoms with Gasteiger partial charge in [-0.1, -0.05) is 13.8 Å². The summed E-state index contributed by atoms with van der Waals surface area (Å²) in [6.07, 6.45) is 4.73. The summed E-state index contributed by atoms with van der Waals surface area (Å²) in [7, 11) is 0. The largest absolute Gasteiger partial charge is 0.381 e. The topological polar surface area (TPSA) is 55.6 Å². The van der Waals surface area contributed by atoms with Gasteiger partial charge in [-0.15, -0.1) is 0 Å². The average Bonchev–Trinajstić information content (AvgIpc) is 2.81. The summed E-state index contributed by atoms with van der Waals surface area (Å²) >= 11 is 0. The summed E-state index contributed by atoms with van der Waals surface area (Å²) in [6, 6.07) is 0. The highest BCUT2D eigenvalue weighted by atomic mass is 16.5. The summed E-state index contributed by atoms with van der Waals surface area (Å²) < 4.78 is 5.43. The number of carbonyl (C=O) groups excluding carboxylic acids is 1. The van der Waals surface area contributed by atoms with Crippen LogP contribution in [0.1, 0.15) is 46.0 Å². The molecule has 2 heterocycles. The van der Waals surface area contributed by atoms with Gasteiger partial charge >= 0.3 is 0 Å². The van der Waals surface area contributed by atoms with Crippen molar-refractivity contribution in [2.24, 2.45) is 11.1 Å². The number of nitrogens with two attached hydrogens (primary N) is 1. The van der Waals surface area contributed by atoms with Crippen LogP contribution in [0.2, 0.25) is 0 Å². The molecule has 4 heteroatoms. The molecule has 1 spiro atoms. The molecular weight excluding hydrogens is 228 g/mol. The van der Waals surface area contributed by atoms with Crippen molar-refractivity contribution >= 4 is 5.91 Å². The lowest BCUT2D eigenvalue weighted by atomic mass is 9.79. The average molecular weight is 254 g/mol. The third-order valence-electron chi connectivity index (χ3n) is 4.97. The zero-order valence-corrected chi connectivity index (χ0v) is 11.7. The second-order valence-corrected chi connectivity index (χ2v) is 5.95. The Labute approximate surface area is 110 Å². The van der Waals surface area contributed by atoms with Crippen LogP contribution < -0.4 is 5.73 Å². The molecule has 104 valence electrons. The Hall–Kier alpha value is -0.610. The van der Waals surface area contributed by atoms with Crippen LogP contribution in [0, 0.1) is 5.41 Å². The van der Waals surface area contributed by atoms with Crippen molar-refractivity contribution in [1.82, 2.24) is 4.90 Å². The fraction of sp³-hybridized carbons (Fsp3) is 0.929. The Morgan fingerprint density at radius 3 is 2.44 bits per heavy atom. The molecule has 0 aromatic rings. The van der Waals surface area contributed by atoms with E-state index in [9.17, 15) is 4.79 Å². The molecule has 0 bridgehead atoms. The number of likely N-dealkylation sites (tertiary alicyclic amines) is 1. The minimum Gasteiger partial charge on any atom is -0.381 e. The molecule has 2 aliphatic rings. The van der Waals surface area contributed by atoms with Gasteiger partial charge in [0.25, 0.3) is 0 Å². The molecular formula is C14H26N2O2. The number of hydrogen-bond donors (Lipinski definition) is 1. The molecule has 0 saturated carbocycles. The molecule has 2 fully saturated rings. The summed E-state index contributed by atoms with van der Waals surface area (Å²) in [4.78, 5) is 14.5. The van der Waals surface area contributed by atoms with Crippen molar-refractivity contribution in [3.8, 4) is 0 Å². The second kappa shape index (κ2) is 5.17. The fourth-order valence-electron chi connectivity index (χ4n) is 3.19. The highest BCUT2D eigenvalue weighted by molar-refractivity contribution is 5.86. The molecule has 0 unspecified atom stereocenters. The molecule has 2 N–H and O–H groups in total. The van der Waals surface area contributed by atoms with Gasteiger partial charge in [-0.05, 0) is 37.5 Å². The van der Waals surface area contributed by atoms with Crippen LogP contribution in [-0.4, -0.2) is 42.6 Å². The van der Waals surface area contributed by atoms with E-state index in [0.29, 0.717) is 5.41 Å². The number of carbonyl (C=O) groups is 1. The summed E-state index contributed by atoms with van der Waals surface area (Å²) in [5.41, 5.74) is 5.88. The molecule has 0 aliphatic carbocycles. The predicted octanol–water partition coefficient (Wildman–Crippen LogP) is 1.53. The molecule has 0 aromatic heterocycles. The standard InChI is InChI=1S/C14H26N2O2/c1-3-14(15,4-2)12(17)16-8-5-13(11-16)6-9-18-10-7-13/h3-11,15H2,1-2H3. The van der Waals surface area contributed by atoms with Crippen molar-refractivity contribution in [1.29, 1.82) is 0 Å². The van der Waals surface area contributed by atoms with E-state index < -0.39 is 5.54 Å². The number of amides is 1. The van der Waals surface area contributed by atoms with Gasteiger partial charge in [0.05, 0.1) is 5.54 Å². The van der Waals surface area contributed by atoms with E-state index in [1.807, 2.05) is 18.7 Å². The molecule has 0 atom stereocenters. The Morgan fingerprint density at radius 1 is 1.28 bits per heavy atom. The highest BCUT2D eigenvalue weighted by Crippen LogP contribution is 2.40. The third kappa shape index (κ3) is 2.41. The molecule has 2 saturated heterocycles. The van der Waals surface area contributed by atoms with E-state index in [1.165, 1.54) is 0 Å². The van der Waals surface area contributed by atoms with Gasteiger partial charge < -0.3 is 15.4 Å². The molecule has 0 aromatic carbocycles. The smallest absolute Gasteiger partial charge is 0.242 e. The second-order valence-electron chi connectivity index (χ2n) is 5.95. The lowest BCUT2D eigenvalue weighted by molar-refractivity contribution is -0.137. The monoisotopic (exact) mass is 254 g/mol. The number of rotatable bonds is 3. The van der Waals surface area contributed by atoms with Crippen LogP contribution in [0.4, 0.5) is 0 Å². The van der Waals surface area contributed by atoms with Gasteiger partial charge in [0.15, 0.2) is 0 Å². The van der Waals surface area contributed by atoms with E-state index >= 15 is 0 Å². The molecule has 2 rings (SSSR count). The number of ether oxygens (including phenoxy) is 1. The van der Waals surface area contributed by atoms with Gasteiger partial charge in [0, 0.05) is 26.3 Å². The van der Waals surface area contributed by atoms with E-state index in [4.69, 9.17) is 10.5 Å². The van der Waals surface area contributed by atoms with E-state index in [0.717, 1.165) is 58.4 Å². The Balaban J connectivity index is 2.02. The van der Waals surface area contributed by atoms with Crippen molar-refractivity contribution in [2.75, 3.05) is 26.3 Å². The Kier molecular flexibility index (Phi) is 3.97. The first-order chi connectivity index (χ1) is 8.55. The third-order valence-corrected chi connectivity index (χ3v) is 4.97. The number of nitrogens with zero attached hydrogens (tertiary/aromatic N) is 1. The normalized spacial score (nSPS) is 23.6. The molecule has 1 amide bonds. The molecule has 0 radical (unpaired) electrons. The molecule has 18 heavy (non-hydrogen) atoms. The van der Waals surface area contributed by atoms with Crippen LogP contribution in [0.25, 0.3) is 0 Å². The van der Waals surface area contributed by atoms with Crippen molar-refractivity contribution in [3.05, 3.63) is 0 Å². The Bertz CT molecular complexity index is 307. The van der Waals surface area contributed by atoms with Gasteiger partial charge in [-0.3, -0.25) is 4.79 Å². The first-order valence-corrected chi connectivity index (χ1v) is 7.21. The predicted molar refractivity (Wildman–Crippen MR) is 71.2 cm³/mol. The van der Waals surface area contributed by atoms with Crippen LogP contribution >= 0.6 is 0 Å². The summed E-state index contributed by atoms with van der Waals surface area (Å²) in [5.74, 6) is 0.149. The minimum absolute atomic E-state index is 0.149. The quantitative estimate of drug-likeness (QED) is 0.831. The van der Waals surface area contributed by atoms with Crippen LogP contribution in [0.3, 0.4) is 0 Å². The van der Waals surface area contributed by atoms with Crippen molar-refractivity contribution < 1.29 is 9.53 Å². The highest BCUT2D eigenvalue weighted by Gasteiger charge is 2.44. The van der Waals surface area contributed by atoms with Crippen molar-refractivity contribution in [2.45, 2.75) is 51.5 Å². The van der Waals surface area contributed by atoms with Gasteiger partial charge in [0.1, 0.15) is 0 Å². The minimum atomic E-state index is -0.656. The van der Waals surface area contributed by atoms with E-state index in [-0.39, 0.29) is 5.91 Å². The van der Waals surface area contributed by atoms with Crippen LogP contribution in [0.5, 0.6) is 0 Å². The van der Waals surface area contributed by atoms with Crippen molar-refractivity contribution in [3.63, 3.8) is 0 Å². The molecule has 4 nitrogen and oxygen atoms in total. The SMILES string of the molecule is CCC(N)(CC)C(=O)N1CCC2(CCOCC2)C1. The van der Waals surface area contributed by atoms with Gasteiger partial charge in [-0.25, -0.2) is 0 Å². The zero-order valence-electron chi connectivity index (χ0n) is 11.7. The maximum Gasteiger partial charge on any atom is 0.242 e. The van der Waals surface area contributed by atoms with E-state index in [2.05, 4.69) is 0 Å². The lowest BCUT2D eigenvalue weighted by Crippen LogP contribution is -2.54. The zero-order chi connectivity index (χ0) is 13.2. The Morgan fingerprint density at radius 2 is 1.89 bits per heavy atom.